The predicted octanol–water partition coefficient (Wildman–Crippen LogP) is 1.34. The monoisotopic (exact) mass is 167 g/mol. The molecule has 1 aromatic rings. The van der Waals surface area contributed by atoms with Crippen LogP contribution in [0.4, 0.5) is 0 Å². The summed E-state index contributed by atoms with van der Waals surface area (Å²) >= 11 is 0. The minimum atomic E-state index is 0.0936. The Kier molecular flexibility index (Phi) is 3.05. The van der Waals surface area contributed by atoms with Crippen LogP contribution in [0, 0.1) is 0 Å². The lowest BCUT2D eigenvalue weighted by molar-refractivity contribution is 0.100. The SMILES string of the molecule is COCCn1cccc1C(C)=O. The Morgan fingerprint density at radius 2 is 2.42 bits per heavy atom. The highest BCUT2D eigenvalue weighted by atomic mass is 16.5. The van der Waals surface area contributed by atoms with Crippen molar-refractivity contribution in [3.63, 3.8) is 0 Å². The van der Waals surface area contributed by atoms with Gasteiger partial charge in [0.25, 0.3) is 0 Å². The summed E-state index contributed by atoms with van der Waals surface area (Å²) in [6.07, 6.45) is 1.88. The van der Waals surface area contributed by atoms with E-state index in [4.69, 9.17) is 4.74 Å². The van der Waals surface area contributed by atoms with E-state index < -0.39 is 0 Å². The minimum Gasteiger partial charge on any atom is -0.383 e. The van der Waals surface area contributed by atoms with Crippen LogP contribution in [-0.4, -0.2) is 24.1 Å². The number of aromatic nitrogens is 1. The van der Waals surface area contributed by atoms with E-state index in [0.29, 0.717) is 6.61 Å². The van der Waals surface area contributed by atoms with E-state index in [1.165, 1.54) is 0 Å². The van der Waals surface area contributed by atoms with Crippen LogP contribution in [0.2, 0.25) is 0 Å². The highest BCUT2D eigenvalue weighted by Gasteiger charge is 2.03. The minimum absolute atomic E-state index is 0.0936. The third kappa shape index (κ3) is 1.95. The average Bonchev–Trinajstić information content (AvgIpc) is 2.48. The van der Waals surface area contributed by atoms with Gasteiger partial charge in [0.2, 0.25) is 0 Å². The summed E-state index contributed by atoms with van der Waals surface area (Å²) in [5, 5.41) is 0. The number of ether oxygens (including phenoxy) is 1. The Morgan fingerprint density at radius 1 is 1.67 bits per heavy atom. The number of nitrogens with zero attached hydrogens (tertiary/aromatic N) is 1. The van der Waals surface area contributed by atoms with Crippen molar-refractivity contribution >= 4 is 5.78 Å². The Bertz CT molecular complexity index is 265. The summed E-state index contributed by atoms with van der Waals surface area (Å²) in [6.45, 7) is 2.94. The van der Waals surface area contributed by atoms with Crippen molar-refractivity contribution in [2.45, 2.75) is 13.5 Å². The van der Waals surface area contributed by atoms with Crippen LogP contribution in [0.15, 0.2) is 18.3 Å². The molecule has 0 radical (unpaired) electrons. The zero-order chi connectivity index (χ0) is 8.97. The standard InChI is InChI=1S/C9H13NO2/c1-8(11)9-4-3-5-10(9)6-7-12-2/h3-5H,6-7H2,1-2H3. The molecule has 0 aromatic carbocycles. The summed E-state index contributed by atoms with van der Waals surface area (Å²) < 4.78 is 6.81. The van der Waals surface area contributed by atoms with Crippen LogP contribution in [0.25, 0.3) is 0 Å². The number of ketones is 1. The number of hydrogen-bond donors (Lipinski definition) is 0. The number of Topliss-reactive ketones (excluding diaryl/α,β-unsaturated/α-hetero) is 1. The first-order chi connectivity index (χ1) is 5.75. The second-order valence-corrected chi connectivity index (χ2v) is 2.64. The zero-order valence-electron chi connectivity index (χ0n) is 7.41. The van der Waals surface area contributed by atoms with Gasteiger partial charge in [-0.2, -0.15) is 0 Å². The molecule has 66 valence electrons. The van der Waals surface area contributed by atoms with Crippen LogP contribution >= 0.6 is 0 Å². The topological polar surface area (TPSA) is 31.2 Å². The van der Waals surface area contributed by atoms with Gasteiger partial charge in [-0.3, -0.25) is 4.79 Å². The second kappa shape index (κ2) is 4.07. The smallest absolute Gasteiger partial charge is 0.176 e. The van der Waals surface area contributed by atoms with Gasteiger partial charge in [-0.1, -0.05) is 0 Å². The first kappa shape index (κ1) is 9.00. The zero-order valence-corrected chi connectivity index (χ0v) is 7.41. The summed E-state index contributed by atoms with van der Waals surface area (Å²) in [5.74, 6) is 0.0936. The Balaban J connectivity index is 2.70. The molecule has 0 aliphatic carbocycles. The van der Waals surface area contributed by atoms with E-state index >= 15 is 0 Å². The molecule has 1 aromatic heterocycles. The molecule has 0 saturated carbocycles. The molecule has 3 nitrogen and oxygen atoms in total. The lowest BCUT2D eigenvalue weighted by atomic mass is 10.3. The molecule has 0 spiro atoms. The second-order valence-electron chi connectivity index (χ2n) is 2.64. The molecule has 0 aliphatic rings. The van der Waals surface area contributed by atoms with Gasteiger partial charge in [0.1, 0.15) is 0 Å². The third-order valence-corrected chi connectivity index (χ3v) is 1.73. The fourth-order valence-corrected chi connectivity index (χ4v) is 1.12. The number of hydrogen-bond acceptors (Lipinski definition) is 2. The van der Waals surface area contributed by atoms with E-state index in [9.17, 15) is 4.79 Å². The molecule has 0 saturated heterocycles. The van der Waals surface area contributed by atoms with Crippen molar-refractivity contribution in [2.75, 3.05) is 13.7 Å². The lowest BCUT2D eigenvalue weighted by Gasteiger charge is -2.04. The number of carbonyl (C=O) groups excluding carboxylic acids is 1. The molecule has 1 rings (SSSR count). The summed E-state index contributed by atoms with van der Waals surface area (Å²) in [4.78, 5) is 11.0. The maximum absolute atomic E-state index is 11.0. The molecular weight excluding hydrogens is 154 g/mol. The Hall–Kier alpha value is -1.09. The van der Waals surface area contributed by atoms with Crippen LogP contribution in [0.5, 0.6) is 0 Å². The van der Waals surface area contributed by atoms with Gasteiger partial charge >= 0.3 is 0 Å². The summed E-state index contributed by atoms with van der Waals surface area (Å²) in [5.41, 5.74) is 0.743. The van der Waals surface area contributed by atoms with E-state index in [1.807, 2.05) is 22.9 Å². The van der Waals surface area contributed by atoms with Gasteiger partial charge < -0.3 is 9.30 Å². The molecule has 0 N–H and O–H groups in total. The van der Waals surface area contributed by atoms with Gasteiger partial charge in [-0.25, -0.2) is 0 Å². The van der Waals surface area contributed by atoms with E-state index in [0.717, 1.165) is 12.2 Å². The van der Waals surface area contributed by atoms with E-state index in [2.05, 4.69) is 0 Å². The van der Waals surface area contributed by atoms with Gasteiger partial charge in [0.05, 0.1) is 12.3 Å². The van der Waals surface area contributed by atoms with Crippen molar-refractivity contribution < 1.29 is 9.53 Å². The number of methoxy groups -OCH3 is 1. The highest BCUT2D eigenvalue weighted by molar-refractivity contribution is 5.92. The van der Waals surface area contributed by atoms with Crippen molar-refractivity contribution in [1.29, 1.82) is 0 Å². The predicted molar refractivity (Wildman–Crippen MR) is 46.3 cm³/mol. The van der Waals surface area contributed by atoms with E-state index in [-0.39, 0.29) is 5.78 Å². The maximum Gasteiger partial charge on any atom is 0.176 e. The summed E-state index contributed by atoms with van der Waals surface area (Å²) in [6, 6.07) is 3.68. The number of rotatable bonds is 4. The molecule has 3 heteroatoms. The van der Waals surface area contributed by atoms with Crippen molar-refractivity contribution in [2.24, 2.45) is 0 Å². The molecule has 0 unspecified atom stereocenters. The Labute approximate surface area is 72.0 Å². The largest absolute Gasteiger partial charge is 0.383 e. The van der Waals surface area contributed by atoms with Crippen molar-refractivity contribution in [3.05, 3.63) is 24.0 Å². The first-order valence-corrected chi connectivity index (χ1v) is 3.90. The average molecular weight is 167 g/mol. The summed E-state index contributed by atoms with van der Waals surface area (Å²) in [7, 11) is 1.65. The highest BCUT2D eigenvalue weighted by Crippen LogP contribution is 2.02. The molecule has 1 heterocycles. The van der Waals surface area contributed by atoms with Crippen molar-refractivity contribution in [1.82, 2.24) is 4.57 Å². The van der Waals surface area contributed by atoms with Gasteiger partial charge in [0, 0.05) is 26.8 Å². The van der Waals surface area contributed by atoms with Crippen molar-refractivity contribution in [3.8, 4) is 0 Å². The third-order valence-electron chi connectivity index (χ3n) is 1.73. The fraction of sp³-hybridized carbons (Fsp3) is 0.444. The van der Waals surface area contributed by atoms with E-state index in [1.54, 1.807) is 14.0 Å². The molecule has 12 heavy (non-hydrogen) atoms. The molecular formula is C9H13NO2. The van der Waals surface area contributed by atoms with Crippen LogP contribution < -0.4 is 0 Å². The molecule has 0 fully saturated rings. The fourth-order valence-electron chi connectivity index (χ4n) is 1.12. The van der Waals surface area contributed by atoms with Gasteiger partial charge in [-0.15, -0.1) is 0 Å². The molecule has 0 bridgehead atoms. The van der Waals surface area contributed by atoms with Gasteiger partial charge in [-0.05, 0) is 12.1 Å². The first-order valence-electron chi connectivity index (χ1n) is 3.90. The molecule has 0 aliphatic heterocycles. The lowest BCUT2D eigenvalue weighted by Crippen LogP contribution is -2.09. The molecule has 0 atom stereocenters. The van der Waals surface area contributed by atoms with Crippen LogP contribution in [0.1, 0.15) is 17.4 Å². The van der Waals surface area contributed by atoms with Crippen LogP contribution in [-0.2, 0) is 11.3 Å². The maximum atomic E-state index is 11.0. The number of carbonyl (C=O) groups is 1. The molecule has 0 amide bonds. The normalized spacial score (nSPS) is 10.2. The van der Waals surface area contributed by atoms with Gasteiger partial charge in [0.15, 0.2) is 5.78 Å². The van der Waals surface area contributed by atoms with Crippen LogP contribution in [0.3, 0.4) is 0 Å². The quantitative estimate of drug-likeness (QED) is 0.633. The Morgan fingerprint density at radius 3 is 3.00 bits per heavy atom.